The maximum atomic E-state index is 12.1. The van der Waals surface area contributed by atoms with Crippen LogP contribution in [0.5, 0.6) is 5.75 Å². The van der Waals surface area contributed by atoms with Crippen LogP contribution in [0.2, 0.25) is 0 Å². The van der Waals surface area contributed by atoms with Crippen LogP contribution in [0.4, 0.5) is 18.9 Å². The van der Waals surface area contributed by atoms with Gasteiger partial charge in [-0.25, -0.2) is 4.79 Å². The van der Waals surface area contributed by atoms with Gasteiger partial charge in [0, 0.05) is 12.6 Å². The molecule has 0 aliphatic carbocycles. The Morgan fingerprint density at radius 1 is 1.00 bits per heavy atom. The number of amides is 1. The van der Waals surface area contributed by atoms with Crippen LogP contribution in [-0.2, 0) is 16.1 Å². The Morgan fingerprint density at radius 3 is 2.15 bits per heavy atom. The third-order valence-electron chi connectivity index (χ3n) is 3.11. The van der Waals surface area contributed by atoms with Crippen molar-refractivity contribution in [2.45, 2.75) is 19.7 Å². The van der Waals surface area contributed by atoms with Crippen LogP contribution in [0.15, 0.2) is 48.5 Å². The summed E-state index contributed by atoms with van der Waals surface area (Å²) in [5.41, 5.74) is 1.32. The lowest BCUT2D eigenvalue weighted by molar-refractivity contribution is -0.176. The molecule has 0 unspecified atom stereocenters. The molecule has 138 valence electrons. The second-order valence-corrected chi connectivity index (χ2v) is 5.40. The summed E-state index contributed by atoms with van der Waals surface area (Å²) in [4.78, 5) is 23.0. The number of esters is 1. The van der Waals surface area contributed by atoms with Crippen LogP contribution >= 0.6 is 0 Å². The van der Waals surface area contributed by atoms with Crippen molar-refractivity contribution in [3.63, 3.8) is 0 Å². The molecule has 0 saturated carbocycles. The molecule has 5 nitrogen and oxygen atoms in total. The fourth-order valence-electron chi connectivity index (χ4n) is 2.00. The summed E-state index contributed by atoms with van der Waals surface area (Å²) in [6.07, 6.45) is -4.38. The second-order valence-electron chi connectivity index (χ2n) is 5.40. The predicted molar refractivity (Wildman–Crippen MR) is 87.9 cm³/mol. The molecule has 0 bridgehead atoms. The summed E-state index contributed by atoms with van der Waals surface area (Å²) in [5.74, 6) is -0.532. The number of carbonyl (C=O) groups is 2. The third-order valence-corrected chi connectivity index (χ3v) is 3.11. The van der Waals surface area contributed by atoms with Gasteiger partial charge in [0.15, 0.2) is 0 Å². The monoisotopic (exact) mass is 367 g/mol. The first-order valence-electron chi connectivity index (χ1n) is 7.56. The van der Waals surface area contributed by atoms with Crippen molar-refractivity contribution in [2.24, 2.45) is 0 Å². The van der Waals surface area contributed by atoms with Crippen molar-refractivity contribution >= 4 is 17.6 Å². The number of halogens is 3. The number of hydrogen-bond acceptors (Lipinski definition) is 4. The number of ether oxygens (including phenoxy) is 2. The van der Waals surface area contributed by atoms with E-state index in [0.29, 0.717) is 17.0 Å². The molecule has 2 aromatic rings. The lowest BCUT2D eigenvalue weighted by Crippen LogP contribution is -2.16. The SMILES string of the molecule is CC(=O)Nc1ccc(OC(=O)c2ccc(COCC(F)(F)F)cc2)cc1. The molecule has 2 rings (SSSR count). The molecular weight excluding hydrogens is 351 g/mol. The Kier molecular flexibility index (Phi) is 6.35. The Bertz CT molecular complexity index is 756. The summed E-state index contributed by atoms with van der Waals surface area (Å²) in [6.45, 7) is -0.156. The fourth-order valence-corrected chi connectivity index (χ4v) is 2.00. The van der Waals surface area contributed by atoms with Crippen molar-refractivity contribution in [1.29, 1.82) is 0 Å². The quantitative estimate of drug-likeness (QED) is 0.620. The van der Waals surface area contributed by atoms with Crippen molar-refractivity contribution in [3.8, 4) is 5.75 Å². The Hall–Kier alpha value is -2.87. The smallest absolute Gasteiger partial charge is 0.411 e. The van der Waals surface area contributed by atoms with E-state index in [-0.39, 0.29) is 18.1 Å². The topological polar surface area (TPSA) is 64.6 Å². The van der Waals surface area contributed by atoms with Crippen LogP contribution < -0.4 is 10.1 Å². The summed E-state index contributed by atoms with van der Waals surface area (Å²) in [5, 5.41) is 2.59. The molecule has 0 aromatic heterocycles. The predicted octanol–water partition coefficient (Wildman–Crippen LogP) is 3.94. The highest BCUT2D eigenvalue weighted by molar-refractivity contribution is 5.91. The number of hydrogen-bond donors (Lipinski definition) is 1. The van der Waals surface area contributed by atoms with Gasteiger partial charge >= 0.3 is 12.1 Å². The van der Waals surface area contributed by atoms with E-state index in [0.717, 1.165) is 0 Å². The van der Waals surface area contributed by atoms with E-state index in [1.165, 1.54) is 43.3 Å². The van der Waals surface area contributed by atoms with Gasteiger partial charge in [-0.05, 0) is 42.0 Å². The standard InChI is InChI=1S/C18H16F3NO4/c1-12(23)22-15-6-8-16(9-7-15)26-17(24)14-4-2-13(3-5-14)10-25-11-18(19,20)21/h2-9H,10-11H2,1H3,(H,22,23). The maximum absolute atomic E-state index is 12.1. The number of alkyl halides is 3. The molecule has 0 saturated heterocycles. The van der Waals surface area contributed by atoms with E-state index in [9.17, 15) is 22.8 Å². The normalized spacial score (nSPS) is 11.1. The molecule has 0 aliphatic heterocycles. The van der Waals surface area contributed by atoms with Gasteiger partial charge in [0.25, 0.3) is 0 Å². The van der Waals surface area contributed by atoms with Gasteiger partial charge in [0.05, 0.1) is 12.2 Å². The minimum atomic E-state index is -4.38. The summed E-state index contributed by atoms with van der Waals surface area (Å²) in [6, 6.07) is 12.1. The first-order chi connectivity index (χ1) is 12.2. The molecular formula is C18H16F3NO4. The van der Waals surface area contributed by atoms with E-state index in [2.05, 4.69) is 10.1 Å². The van der Waals surface area contributed by atoms with Crippen LogP contribution in [-0.4, -0.2) is 24.7 Å². The number of anilines is 1. The molecule has 1 amide bonds. The van der Waals surface area contributed by atoms with Crippen molar-refractivity contribution in [2.75, 3.05) is 11.9 Å². The van der Waals surface area contributed by atoms with Gasteiger partial charge in [-0.3, -0.25) is 4.79 Å². The van der Waals surface area contributed by atoms with E-state index in [1.807, 2.05) is 0 Å². The summed E-state index contributed by atoms with van der Waals surface area (Å²) in [7, 11) is 0. The van der Waals surface area contributed by atoms with Crippen LogP contribution in [0.1, 0.15) is 22.8 Å². The first-order valence-corrected chi connectivity index (χ1v) is 7.56. The minimum absolute atomic E-state index is 0.209. The fraction of sp³-hybridized carbons (Fsp3) is 0.222. The Morgan fingerprint density at radius 2 is 1.62 bits per heavy atom. The van der Waals surface area contributed by atoms with Gasteiger partial charge in [0.1, 0.15) is 12.4 Å². The largest absolute Gasteiger partial charge is 0.423 e. The molecule has 2 aromatic carbocycles. The Balaban J connectivity index is 1.90. The molecule has 0 aliphatic rings. The van der Waals surface area contributed by atoms with E-state index in [1.54, 1.807) is 12.1 Å². The van der Waals surface area contributed by atoms with Crippen molar-refractivity contribution < 1.29 is 32.2 Å². The first kappa shape index (κ1) is 19.5. The lowest BCUT2D eigenvalue weighted by atomic mass is 10.1. The number of rotatable bonds is 6. The number of carbonyl (C=O) groups excluding carboxylic acids is 2. The highest BCUT2D eigenvalue weighted by atomic mass is 19.4. The minimum Gasteiger partial charge on any atom is -0.423 e. The molecule has 0 atom stereocenters. The van der Waals surface area contributed by atoms with Crippen molar-refractivity contribution in [3.05, 3.63) is 59.7 Å². The van der Waals surface area contributed by atoms with Gasteiger partial charge < -0.3 is 14.8 Å². The van der Waals surface area contributed by atoms with Gasteiger partial charge in [-0.1, -0.05) is 12.1 Å². The maximum Gasteiger partial charge on any atom is 0.411 e. The average Bonchev–Trinajstić information content (AvgIpc) is 2.55. The second kappa shape index (κ2) is 8.48. The number of nitrogens with one attached hydrogen (secondary N) is 1. The van der Waals surface area contributed by atoms with Crippen LogP contribution in [0, 0.1) is 0 Å². The highest BCUT2D eigenvalue weighted by Gasteiger charge is 2.27. The molecule has 1 N–H and O–H groups in total. The average molecular weight is 367 g/mol. The van der Waals surface area contributed by atoms with Gasteiger partial charge in [-0.2, -0.15) is 13.2 Å². The molecule has 8 heteroatoms. The van der Waals surface area contributed by atoms with E-state index >= 15 is 0 Å². The zero-order valence-corrected chi connectivity index (χ0v) is 13.8. The molecule has 0 radical (unpaired) electrons. The van der Waals surface area contributed by atoms with Crippen molar-refractivity contribution in [1.82, 2.24) is 0 Å². The number of benzene rings is 2. The lowest BCUT2D eigenvalue weighted by Gasteiger charge is -2.08. The van der Waals surface area contributed by atoms with Crippen LogP contribution in [0.3, 0.4) is 0 Å². The van der Waals surface area contributed by atoms with E-state index < -0.39 is 18.8 Å². The van der Waals surface area contributed by atoms with E-state index in [4.69, 9.17) is 4.74 Å². The highest BCUT2D eigenvalue weighted by Crippen LogP contribution is 2.18. The third kappa shape index (κ3) is 6.56. The van der Waals surface area contributed by atoms with Crippen LogP contribution in [0.25, 0.3) is 0 Å². The van der Waals surface area contributed by atoms with Gasteiger partial charge in [-0.15, -0.1) is 0 Å². The molecule has 0 spiro atoms. The zero-order chi connectivity index (χ0) is 19.2. The molecule has 26 heavy (non-hydrogen) atoms. The zero-order valence-electron chi connectivity index (χ0n) is 13.8. The molecule has 0 heterocycles. The Labute approximate surface area is 147 Å². The summed E-state index contributed by atoms with van der Waals surface area (Å²) < 4.78 is 45.8. The summed E-state index contributed by atoms with van der Waals surface area (Å²) >= 11 is 0. The molecule has 0 fully saturated rings. The van der Waals surface area contributed by atoms with Gasteiger partial charge in [0.2, 0.25) is 5.91 Å².